The number of carbonyl (C=O) groups excluding carboxylic acids is 2. The van der Waals surface area contributed by atoms with E-state index in [9.17, 15) is 14.0 Å². The van der Waals surface area contributed by atoms with Crippen LogP contribution in [0.4, 0.5) is 14.9 Å². The topological polar surface area (TPSA) is 71.8 Å². The van der Waals surface area contributed by atoms with Crippen LogP contribution in [0.1, 0.15) is 17.7 Å². The average Bonchev–Trinajstić information content (AvgIpc) is 3.40. The van der Waals surface area contributed by atoms with E-state index in [1.54, 1.807) is 35.2 Å². The summed E-state index contributed by atoms with van der Waals surface area (Å²) in [6, 6.07) is 17.3. The van der Waals surface area contributed by atoms with Crippen LogP contribution in [0.5, 0.6) is 0 Å². The Balaban J connectivity index is 1.29. The number of rotatable bonds is 7. The number of nitrogens with zero attached hydrogens (tertiary/aromatic N) is 1. The monoisotopic (exact) mass is 408 g/mol. The molecule has 2 aromatic carbocycles. The third-order valence-electron chi connectivity index (χ3n) is 4.87. The fourth-order valence-corrected chi connectivity index (χ4v) is 3.31. The van der Waals surface area contributed by atoms with Crippen LogP contribution in [0, 0.1) is 5.82 Å². The van der Waals surface area contributed by atoms with Gasteiger partial charge in [0.05, 0.1) is 12.1 Å². The number of aryl methyl sites for hydroxylation is 1. The Morgan fingerprint density at radius 3 is 2.77 bits per heavy atom. The van der Waals surface area contributed by atoms with Gasteiger partial charge in [-0.3, -0.25) is 9.69 Å². The summed E-state index contributed by atoms with van der Waals surface area (Å²) in [5.74, 6) is 0.601. The standard InChI is InChI=1S/C23H21FN2O4/c24-20-7-2-1-6-19(20)21-10-8-18(30-21)9-11-22(27)25-15-16-4-3-5-17(14-16)26-12-13-29-23(26)28/h1-8,10,14H,9,11-13,15H2,(H,25,27). The van der Waals surface area contributed by atoms with Crippen LogP contribution < -0.4 is 10.2 Å². The maximum atomic E-state index is 13.9. The third kappa shape index (κ3) is 4.51. The van der Waals surface area contributed by atoms with Crippen molar-refractivity contribution in [3.05, 3.63) is 77.8 Å². The fraction of sp³-hybridized carbons (Fsp3) is 0.217. The Bertz CT molecular complexity index is 1060. The highest BCUT2D eigenvalue weighted by molar-refractivity contribution is 5.89. The van der Waals surface area contributed by atoms with E-state index in [1.165, 1.54) is 6.07 Å². The number of benzene rings is 2. The van der Waals surface area contributed by atoms with Crippen molar-refractivity contribution in [1.29, 1.82) is 0 Å². The molecule has 2 amide bonds. The normalized spacial score (nSPS) is 13.4. The molecule has 2 heterocycles. The number of nitrogens with one attached hydrogen (secondary N) is 1. The van der Waals surface area contributed by atoms with Crippen molar-refractivity contribution in [2.75, 3.05) is 18.1 Å². The van der Waals surface area contributed by atoms with Crippen LogP contribution in [0.15, 0.2) is 65.1 Å². The van der Waals surface area contributed by atoms with Gasteiger partial charge >= 0.3 is 6.09 Å². The van der Waals surface area contributed by atoms with E-state index >= 15 is 0 Å². The number of carbonyl (C=O) groups is 2. The van der Waals surface area contributed by atoms with E-state index in [4.69, 9.17) is 9.15 Å². The number of hydrogen-bond donors (Lipinski definition) is 1. The van der Waals surface area contributed by atoms with Crippen molar-refractivity contribution in [3.8, 4) is 11.3 Å². The second-order valence-corrected chi connectivity index (χ2v) is 6.96. The Morgan fingerprint density at radius 1 is 1.10 bits per heavy atom. The molecule has 154 valence electrons. The van der Waals surface area contributed by atoms with E-state index in [0.29, 0.717) is 43.2 Å². The van der Waals surface area contributed by atoms with E-state index in [0.717, 1.165) is 11.3 Å². The second kappa shape index (κ2) is 8.82. The number of amides is 2. The first-order valence-electron chi connectivity index (χ1n) is 9.74. The molecule has 0 aliphatic carbocycles. The van der Waals surface area contributed by atoms with Gasteiger partial charge in [0.25, 0.3) is 0 Å². The molecule has 4 rings (SSSR count). The Hall–Kier alpha value is -3.61. The van der Waals surface area contributed by atoms with Crippen LogP contribution in [0.25, 0.3) is 11.3 Å². The van der Waals surface area contributed by atoms with Crippen LogP contribution in [-0.4, -0.2) is 25.2 Å². The van der Waals surface area contributed by atoms with E-state index < -0.39 is 0 Å². The second-order valence-electron chi connectivity index (χ2n) is 6.96. The van der Waals surface area contributed by atoms with Crippen molar-refractivity contribution < 1.29 is 23.1 Å². The lowest BCUT2D eigenvalue weighted by Crippen LogP contribution is -2.25. The number of anilines is 1. The van der Waals surface area contributed by atoms with Crippen molar-refractivity contribution in [3.63, 3.8) is 0 Å². The Kier molecular flexibility index (Phi) is 5.79. The quantitative estimate of drug-likeness (QED) is 0.633. The van der Waals surface area contributed by atoms with E-state index in [1.807, 2.05) is 24.3 Å². The fourth-order valence-electron chi connectivity index (χ4n) is 3.31. The molecule has 1 fully saturated rings. The first-order chi connectivity index (χ1) is 14.6. The smallest absolute Gasteiger partial charge is 0.414 e. The van der Waals surface area contributed by atoms with Crippen molar-refractivity contribution in [2.24, 2.45) is 0 Å². The van der Waals surface area contributed by atoms with Gasteiger partial charge in [-0.15, -0.1) is 0 Å². The van der Waals surface area contributed by atoms with Crippen molar-refractivity contribution >= 4 is 17.7 Å². The van der Waals surface area contributed by atoms with Gasteiger partial charge in [0.15, 0.2) is 0 Å². The summed E-state index contributed by atoms with van der Waals surface area (Å²) >= 11 is 0. The van der Waals surface area contributed by atoms with E-state index in [-0.39, 0.29) is 24.2 Å². The highest BCUT2D eigenvalue weighted by Gasteiger charge is 2.23. The molecule has 6 nitrogen and oxygen atoms in total. The van der Waals surface area contributed by atoms with Gasteiger partial charge in [0, 0.05) is 25.1 Å². The number of ether oxygens (including phenoxy) is 1. The highest BCUT2D eigenvalue weighted by Crippen LogP contribution is 2.25. The summed E-state index contributed by atoms with van der Waals surface area (Å²) in [4.78, 5) is 25.5. The lowest BCUT2D eigenvalue weighted by Gasteiger charge is -2.14. The lowest BCUT2D eigenvalue weighted by molar-refractivity contribution is -0.121. The van der Waals surface area contributed by atoms with Gasteiger partial charge in [-0.1, -0.05) is 24.3 Å². The van der Waals surface area contributed by atoms with Crippen LogP contribution in [-0.2, 0) is 22.5 Å². The molecule has 0 radical (unpaired) electrons. The van der Waals surface area contributed by atoms with Crippen LogP contribution >= 0.6 is 0 Å². The van der Waals surface area contributed by atoms with Crippen molar-refractivity contribution in [2.45, 2.75) is 19.4 Å². The summed E-state index contributed by atoms with van der Waals surface area (Å²) in [7, 11) is 0. The zero-order valence-electron chi connectivity index (χ0n) is 16.3. The van der Waals surface area contributed by atoms with Crippen LogP contribution in [0.3, 0.4) is 0 Å². The summed E-state index contributed by atoms with van der Waals surface area (Å²) in [6.07, 6.45) is 0.312. The minimum absolute atomic E-state index is 0.121. The molecule has 1 aromatic heterocycles. The maximum Gasteiger partial charge on any atom is 0.414 e. The summed E-state index contributed by atoms with van der Waals surface area (Å²) in [5.41, 5.74) is 2.04. The number of halogens is 1. The SMILES string of the molecule is O=C(CCc1ccc(-c2ccccc2F)o1)NCc1cccc(N2CCOC2=O)c1. The molecule has 1 aliphatic rings. The molecular weight excluding hydrogens is 387 g/mol. The highest BCUT2D eigenvalue weighted by atomic mass is 19.1. The minimum atomic E-state index is -0.357. The lowest BCUT2D eigenvalue weighted by atomic mass is 10.1. The van der Waals surface area contributed by atoms with Gasteiger partial charge in [-0.05, 0) is 42.0 Å². The first-order valence-corrected chi connectivity index (χ1v) is 9.74. The van der Waals surface area contributed by atoms with E-state index in [2.05, 4.69) is 5.32 Å². The third-order valence-corrected chi connectivity index (χ3v) is 4.87. The van der Waals surface area contributed by atoms with Gasteiger partial charge in [0.1, 0.15) is 23.9 Å². The molecule has 0 bridgehead atoms. The molecule has 7 heteroatoms. The summed E-state index contributed by atoms with van der Waals surface area (Å²) < 4.78 is 24.5. The average molecular weight is 408 g/mol. The van der Waals surface area contributed by atoms with Gasteiger partial charge in [-0.2, -0.15) is 0 Å². The van der Waals surface area contributed by atoms with Gasteiger partial charge in [0.2, 0.25) is 5.91 Å². The Labute approximate surface area is 173 Å². The van der Waals surface area contributed by atoms with Gasteiger partial charge < -0.3 is 14.5 Å². The zero-order chi connectivity index (χ0) is 20.9. The molecule has 0 unspecified atom stereocenters. The molecule has 3 aromatic rings. The maximum absolute atomic E-state index is 13.9. The summed E-state index contributed by atoms with van der Waals surface area (Å²) in [5, 5.41) is 2.87. The minimum Gasteiger partial charge on any atom is -0.461 e. The molecule has 1 saturated heterocycles. The molecule has 1 N–H and O–H groups in total. The first kappa shape index (κ1) is 19.7. The molecule has 0 atom stereocenters. The number of hydrogen-bond acceptors (Lipinski definition) is 4. The molecule has 0 spiro atoms. The predicted molar refractivity (Wildman–Crippen MR) is 109 cm³/mol. The van der Waals surface area contributed by atoms with Gasteiger partial charge in [-0.25, -0.2) is 9.18 Å². The largest absolute Gasteiger partial charge is 0.461 e. The number of furan rings is 1. The number of cyclic esters (lactones) is 1. The van der Waals surface area contributed by atoms with Crippen LogP contribution in [0.2, 0.25) is 0 Å². The molecule has 0 saturated carbocycles. The molecule has 1 aliphatic heterocycles. The molecular formula is C23H21FN2O4. The summed E-state index contributed by atoms with van der Waals surface area (Å²) in [6.45, 7) is 1.26. The predicted octanol–water partition coefficient (Wildman–Crippen LogP) is 4.29. The Morgan fingerprint density at radius 2 is 1.97 bits per heavy atom. The molecule has 30 heavy (non-hydrogen) atoms. The van der Waals surface area contributed by atoms with Crippen molar-refractivity contribution in [1.82, 2.24) is 5.32 Å². The zero-order valence-corrected chi connectivity index (χ0v) is 16.3.